The maximum Gasteiger partial charge on any atom is 0.376 e. The van der Waals surface area contributed by atoms with Gasteiger partial charge in [0, 0.05) is 5.69 Å². The number of aryl methyl sites for hydroxylation is 2. The van der Waals surface area contributed by atoms with Crippen LogP contribution in [0.2, 0.25) is 0 Å². The van der Waals surface area contributed by atoms with E-state index in [0.717, 1.165) is 17.8 Å². The summed E-state index contributed by atoms with van der Waals surface area (Å²) in [7, 11) is 0. The monoisotopic (exact) mass is 340 g/mol. The summed E-state index contributed by atoms with van der Waals surface area (Å²) in [6.45, 7) is 6.04. The molecule has 7 heteroatoms. The smallest absolute Gasteiger partial charge is 0.376 e. The number of benzene rings is 1. The zero-order chi connectivity index (χ0) is 17.8. The van der Waals surface area contributed by atoms with E-state index in [4.69, 9.17) is 9.26 Å². The molecule has 0 unspecified atom stereocenters. The van der Waals surface area contributed by atoms with Gasteiger partial charge in [0.25, 0.3) is 5.71 Å². The molecule has 0 saturated heterocycles. The van der Waals surface area contributed by atoms with Gasteiger partial charge in [-0.15, -0.1) is 0 Å². The third kappa shape index (κ3) is 3.45. The Balaban J connectivity index is 2.09. The summed E-state index contributed by atoms with van der Waals surface area (Å²) in [6.07, 6.45) is 1.59. The summed E-state index contributed by atoms with van der Waals surface area (Å²) in [6, 6.07) is 8.01. The van der Waals surface area contributed by atoms with E-state index in [9.17, 15) is 4.79 Å². The van der Waals surface area contributed by atoms with Crippen LogP contribution >= 0.6 is 0 Å². The van der Waals surface area contributed by atoms with Gasteiger partial charge in [-0.25, -0.2) is 9.78 Å². The van der Waals surface area contributed by atoms with Crippen molar-refractivity contribution in [1.82, 2.24) is 15.1 Å². The van der Waals surface area contributed by atoms with Gasteiger partial charge in [-0.3, -0.25) is 0 Å². The molecule has 25 heavy (non-hydrogen) atoms. The summed E-state index contributed by atoms with van der Waals surface area (Å²) in [4.78, 5) is 20.5. The van der Waals surface area contributed by atoms with Gasteiger partial charge in [0.05, 0.1) is 12.3 Å². The lowest BCUT2D eigenvalue weighted by atomic mass is 10.1. The average Bonchev–Trinajstić information content (AvgIpc) is 3.05. The van der Waals surface area contributed by atoms with Crippen LogP contribution in [0.3, 0.4) is 0 Å². The standard InChI is InChI=1S/C18H20N4O3/c1-4-11-8-7-9-12(10-11)19-15-14-13(5-2)22-25-17(14)21-16(20-15)18(23)24-6-3/h7-10H,4-6H2,1-3H3,(H,19,20,21). The molecule has 3 rings (SSSR count). The number of carbonyl (C=O) groups excluding carboxylic acids is 1. The second-order valence-electron chi connectivity index (χ2n) is 5.46. The Morgan fingerprint density at radius 1 is 1.20 bits per heavy atom. The Morgan fingerprint density at radius 2 is 2.04 bits per heavy atom. The first-order chi connectivity index (χ1) is 12.2. The van der Waals surface area contributed by atoms with Crippen molar-refractivity contribution in [2.24, 2.45) is 0 Å². The number of nitrogens with zero attached hydrogens (tertiary/aromatic N) is 3. The minimum absolute atomic E-state index is 0.0534. The molecule has 0 aliphatic rings. The molecule has 0 spiro atoms. The first-order valence-corrected chi connectivity index (χ1v) is 8.35. The maximum absolute atomic E-state index is 12.0. The molecule has 2 aromatic heterocycles. The van der Waals surface area contributed by atoms with Crippen LogP contribution in [0.5, 0.6) is 0 Å². The van der Waals surface area contributed by atoms with Crippen molar-refractivity contribution < 1.29 is 14.1 Å². The lowest BCUT2D eigenvalue weighted by Gasteiger charge is -2.09. The fraction of sp³-hybridized carbons (Fsp3) is 0.333. The van der Waals surface area contributed by atoms with Crippen LogP contribution < -0.4 is 5.32 Å². The number of hydrogen-bond acceptors (Lipinski definition) is 7. The van der Waals surface area contributed by atoms with Crippen LogP contribution in [-0.4, -0.2) is 27.7 Å². The largest absolute Gasteiger partial charge is 0.460 e. The molecule has 0 atom stereocenters. The van der Waals surface area contributed by atoms with Crippen LogP contribution in [0, 0.1) is 0 Å². The van der Waals surface area contributed by atoms with Gasteiger partial charge in [-0.2, -0.15) is 4.98 Å². The molecular weight excluding hydrogens is 320 g/mol. The van der Waals surface area contributed by atoms with E-state index < -0.39 is 5.97 Å². The van der Waals surface area contributed by atoms with Crippen molar-refractivity contribution in [3.63, 3.8) is 0 Å². The van der Waals surface area contributed by atoms with Crippen LogP contribution in [0.15, 0.2) is 28.8 Å². The quantitative estimate of drug-likeness (QED) is 0.685. The van der Waals surface area contributed by atoms with E-state index in [0.29, 0.717) is 17.6 Å². The van der Waals surface area contributed by atoms with Crippen LogP contribution in [0.25, 0.3) is 11.1 Å². The van der Waals surface area contributed by atoms with Gasteiger partial charge in [0.2, 0.25) is 5.82 Å². The van der Waals surface area contributed by atoms with Crippen molar-refractivity contribution in [1.29, 1.82) is 0 Å². The number of hydrogen-bond donors (Lipinski definition) is 1. The fourth-order valence-corrected chi connectivity index (χ4v) is 2.53. The summed E-state index contributed by atoms with van der Waals surface area (Å²) in [5.41, 5.74) is 3.07. The van der Waals surface area contributed by atoms with E-state index in [-0.39, 0.29) is 18.1 Å². The second-order valence-corrected chi connectivity index (χ2v) is 5.46. The molecule has 0 radical (unpaired) electrons. The van der Waals surface area contributed by atoms with Crippen LogP contribution in [-0.2, 0) is 17.6 Å². The topological polar surface area (TPSA) is 90.1 Å². The molecule has 0 aliphatic carbocycles. The van der Waals surface area contributed by atoms with Gasteiger partial charge in [0.15, 0.2) is 0 Å². The summed E-state index contributed by atoms with van der Waals surface area (Å²) in [5, 5.41) is 7.97. The first kappa shape index (κ1) is 16.9. The lowest BCUT2D eigenvalue weighted by Crippen LogP contribution is -2.11. The number of fused-ring (bicyclic) bond motifs is 1. The Kier molecular flexibility index (Phi) is 4.92. The SMILES string of the molecule is CCOC(=O)c1nc(Nc2cccc(CC)c2)c2c(CC)noc2n1. The predicted octanol–water partition coefficient (Wildman–Crippen LogP) is 3.66. The Bertz CT molecular complexity index is 904. The van der Waals surface area contributed by atoms with E-state index in [1.165, 1.54) is 5.56 Å². The third-order valence-corrected chi connectivity index (χ3v) is 3.80. The van der Waals surface area contributed by atoms with E-state index >= 15 is 0 Å². The number of esters is 1. The summed E-state index contributed by atoms with van der Waals surface area (Å²) < 4.78 is 10.3. The summed E-state index contributed by atoms with van der Waals surface area (Å²) in [5.74, 6) is -0.161. The fourth-order valence-electron chi connectivity index (χ4n) is 2.53. The zero-order valence-electron chi connectivity index (χ0n) is 14.5. The zero-order valence-corrected chi connectivity index (χ0v) is 14.5. The molecule has 130 valence electrons. The molecule has 0 aliphatic heterocycles. The third-order valence-electron chi connectivity index (χ3n) is 3.80. The van der Waals surface area contributed by atoms with Gasteiger partial charge < -0.3 is 14.6 Å². The second kappa shape index (κ2) is 7.29. The van der Waals surface area contributed by atoms with Crippen molar-refractivity contribution in [3.05, 3.63) is 41.3 Å². The number of aromatic nitrogens is 3. The number of carbonyl (C=O) groups is 1. The Hall–Kier alpha value is -2.96. The normalized spacial score (nSPS) is 10.8. The maximum atomic E-state index is 12.0. The Morgan fingerprint density at radius 3 is 2.76 bits per heavy atom. The number of rotatable bonds is 6. The molecule has 0 bridgehead atoms. The molecular formula is C18H20N4O3. The molecule has 2 heterocycles. The predicted molar refractivity (Wildman–Crippen MR) is 94.0 cm³/mol. The minimum Gasteiger partial charge on any atom is -0.460 e. The highest BCUT2D eigenvalue weighted by Gasteiger charge is 2.20. The molecule has 7 nitrogen and oxygen atoms in total. The molecule has 0 amide bonds. The van der Waals surface area contributed by atoms with E-state index in [1.807, 2.05) is 25.1 Å². The number of ether oxygens (including phenoxy) is 1. The van der Waals surface area contributed by atoms with E-state index in [2.05, 4.69) is 33.4 Å². The molecule has 0 saturated carbocycles. The van der Waals surface area contributed by atoms with Crippen molar-refractivity contribution in [3.8, 4) is 0 Å². The molecule has 1 aromatic carbocycles. The van der Waals surface area contributed by atoms with Crippen molar-refractivity contribution >= 4 is 28.6 Å². The molecule has 3 aromatic rings. The highest BCUT2D eigenvalue weighted by atomic mass is 16.5. The van der Waals surface area contributed by atoms with Crippen molar-refractivity contribution in [2.45, 2.75) is 33.6 Å². The number of nitrogens with one attached hydrogen (secondary N) is 1. The average molecular weight is 340 g/mol. The van der Waals surface area contributed by atoms with Crippen LogP contribution in [0.1, 0.15) is 42.6 Å². The highest BCUT2D eigenvalue weighted by Crippen LogP contribution is 2.28. The summed E-state index contributed by atoms with van der Waals surface area (Å²) >= 11 is 0. The highest BCUT2D eigenvalue weighted by molar-refractivity contribution is 5.94. The van der Waals surface area contributed by atoms with Gasteiger partial charge in [-0.1, -0.05) is 31.1 Å². The minimum atomic E-state index is -0.593. The van der Waals surface area contributed by atoms with E-state index in [1.54, 1.807) is 6.92 Å². The van der Waals surface area contributed by atoms with Gasteiger partial charge in [0.1, 0.15) is 11.2 Å². The lowest BCUT2D eigenvalue weighted by molar-refractivity contribution is 0.0512. The molecule has 1 N–H and O–H groups in total. The number of anilines is 2. The first-order valence-electron chi connectivity index (χ1n) is 8.35. The Labute approximate surface area is 145 Å². The van der Waals surface area contributed by atoms with Gasteiger partial charge in [-0.05, 0) is 37.5 Å². The molecule has 0 fully saturated rings. The van der Waals surface area contributed by atoms with Crippen LogP contribution in [0.4, 0.5) is 11.5 Å². The van der Waals surface area contributed by atoms with Crippen molar-refractivity contribution in [2.75, 3.05) is 11.9 Å². The van der Waals surface area contributed by atoms with Gasteiger partial charge >= 0.3 is 5.97 Å².